The number of hydrogen-bond acceptors (Lipinski definition) is 3. The highest BCUT2D eigenvalue weighted by molar-refractivity contribution is 5.11. The van der Waals surface area contributed by atoms with Gasteiger partial charge >= 0.3 is 0 Å². The fourth-order valence-corrected chi connectivity index (χ4v) is 1.57. The van der Waals surface area contributed by atoms with E-state index in [2.05, 4.69) is 26.2 Å². The summed E-state index contributed by atoms with van der Waals surface area (Å²) >= 11 is 0. The minimum Gasteiger partial charge on any atom is -0.296 e. The average Bonchev–Trinajstić information content (AvgIpc) is 2.61. The third-order valence-electron chi connectivity index (χ3n) is 2.31. The summed E-state index contributed by atoms with van der Waals surface area (Å²) in [6.45, 7) is 2.89. The number of H-pyrrole nitrogens is 1. The zero-order valence-corrected chi connectivity index (χ0v) is 7.45. The van der Waals surface area contributed by atoms with Crippen molar-refractivity contribution in [2.75, 3.05) is 13.1 Å². The van der Waals surface area contributed by atoms with Crippen LogP contribution in [0.3, 0.4) is 0 Å². The molecule has 0 fully saturated rings. The molecule has 0 saturated heterocycles. The van der Waals surface area contributed by atoms with Crippen LogP contribution in [0.5, 0.6) is 0 Å². The highest BCUT2D eigenvalue weighted by Crippen LogP contribution is 2.13. The molecule has 4 heteroatoms. The van der Waals surface area contributed by atoms with Gasteiger partial charge in [0.15, 0.2) is 0 Å². The Balaban J connectivity index is 1.97. The first-order valence-corrected chi connectivity index (χ1v) is 4.44. The van der Waals surface area contributed by atoms with Crippen LogP contribution in [0, 0.1) is 12.3 Å². The maximum Gasteiger partial charge on any atom is 0.0997 e. The predicted octanol–water partition coefficient (Wildman–Crippen LogP) is 0.186. The Bertz CT molecular complexity index is 323. The highest BCUT2D eigenvalue weighted by Gasteiger charge is 2.18. The lowest BCUT2D eigenvalue weighted by atomic mass is 10.1. The molecule has 13 heavy (non-hydrogen) atoms. The Morgan fingerprint density at radius 2 is 2.31 bits per heavy atom. The smallest absolute Gasteiger partial charge is 0.0997 e. The maximum atomic E-state index is 5.21. The van der Waals surface area contributed by atoms with E-state index in [9.17, 15) is 0 Å². The lowest BCUT2D eigenvalue weighted by molar-refractivity contribution is 0.256. The molecule has 4 nitrogen and oxygen atoms in total. The van der Waals surface area contributed by atoms with E-state index < -0.39 is 0 Å². The monoisotopic (exact) mass is 176 g/mol. The second-order valence-electron chi connectivity index (χ2n) is 3.20. The van der Waals surface area contributed by atoms with Crippen molar-refractivity contribution in [3.05, 3.63) is 11.4 Å². The van der Waals surface area contributed by atoms with Gasteiger partial charge in [-0.15, -0.1) is 12.3 Å². The molecule has 0 atom stereocenters. The van der Waals surface area contributed by atoms with Crippen molar-refractivity contribution in [2.45, 2.75) is 19.4 Å². The molecule has 0 spiro atoms. The number of aromatic nitrogens is 3. The first kappa shape index (κ1) is 8.27. The summed E-state index contributed by atoms with van der Waals surface area (Å²) in [6.07, 6.45) is 7.00. The van der Waals surface area contributed by atoms with Crippen molar-refractivity contribution in [3.63, 3.8) is 0 Å². The minimum atomic E-state index is 0.813. The van der Waals surface area contributed by atoms with E-state index >= 15 is 0 Å². The van der Waals surface area contributed by atoms with E-state index in [0.717, 1.165) is 43.9 Å². The standard InChI is InChI=1S/C9H12N4/c1-2-3-5-13-6-4-8-9(7-13)11-12-10-8/h1H,3-7H2,(H,10,11,12). The maximum absolute atomic E-state index is 5.21. The SMILES string of the molecule is C#CCCN1CCc2n[nH]nc2C1. The van der Waals surface area contributed by atoms with Crippen LogP contribution >= 0.6 is 0 Å². The summed E-state index contributed by atoms with van der Waals surface area (Å²) in [6, 6.07) is 0. The summed E-state index contributed by atoms with van der Waals surface area (Å²) in [5.41, 5.74) is 2.18. The Morgan fingerprint density at radius 1 is 1.46 bits per heavy atom. The number of nitrogens with zero attached hydrogens (tertiary/aromatic N) is 3. The molecule has 0 saturated carbocycles. The Hall–Kier alpha value is -1.34. The Morgan fingerprint density at radius 3 is 3.15 bits per heavy atom. The van der Waals surface area contributed by atoms with Crippen LogP contribution in [0.1, 0.15) is 17.8 Å². The van der Waals surface area contributed by atoms with Crippen molar-refractivity contribution in [2.24, 2.45) is 0 Å². The van der Waals surface area contributed by atoms with Gasteiger partial charge in [-0.3, -0.25) is 4.90 Å². The zero-order chi connectivity index (χ0) is 9.10. The molecule has 1 aliphatic heterocycles. The van der Waals surface area contributed by atoms with Crippen LogP contribution in [0.25, 0.3) is 0 Å². The molecule has 2 heterocycles. The van der Waals surface area contributed by atoms with Crippen molar-refractivity contribution >= 4 is 0 Å². The molecule has 0 unspecified atom stereocenters. The van der Waals surface area contributed by atoms with Crippen molar-refractivity contribution < 1.29 is 0 Å². The number of fused-ring (bicyclic) bond motifs is 1. The normalized spacial score (nSPS) is 16.5. The van der Waals surface area contributed by atoms with Gasteiger partial charge in [-0.25, -0.2) is 0 Å². The zero-order valence-electron chi connectivity index (χ0n) is 7.45. The number of terminal acetylenes is 1. The molecule has 0 aliphatic carbocycles. The van der Waals surface area contributed by atoms with Crippen LogP contribution < -0.4 is 0 Å². The molecule has 0 bridgehead atoms. The molecule has 0 amide bonds. The quantitative estimate of drug-likeness (QED) is 0.654. The minimum absolute atomic E-state index is 0.813. The van der Waals surface area contributed by atoms with Gasteiger partial charge in [-0.1, -0.05) is 0 Å². The number of aromatic amines is 1. The van der Waals surface area contributed by atoms with Crippen LogP contribution in [-0.4, -0.2) is 33.4 Å². The first-order valence-electron chi connectivity index (χ1n) is 4.44. The van der Waals surface area contributed by atoms with Crippen LogP contribution in [0.4, 0.5) is 0 Å². The molecular formula is C9H12N4. The van der Waals surface area contributed by atoms with E-state index in [1.807, 2.05) is 0 Å². The largest absolute Gasteiger partial charge is 0.296 e. The summed E-state index contributed by atoms with van der Waals surface area (Å²) < 4.78 is 0. The summed E-state index contributed by atoms with van der Waals surface area (Å²) in [5.74, 6) is 2.65. The molecule has 1 aromatic rings. The molecule has 1 aliphatic rings. The predicted molar refractivity (Wildman–Crippen MR) is 48.8 cm³/mol. The molecule has 0 radical (unpaired) electrons. The van der Waals surface area contributed by atoms with Gasteiger partial charge in [0.2, 0.25) is 0 Å². The van der Waals surface area contributed by atoms with Crippen LogP contribution in [0.15, 0.2) is 0 Å². The summed E-state index contributed by atoms with van der Waals surface area (Å²) in [5, 5.41) is 10.8. The Kier molecular flexibility index (Phi) is 2.28. The summed E-state index contributed by atoms with van der Waals surface area (Å²) in [7, 11) is 0. The van der Waals surface area contributed by atoms with Gasteiger partial charge in [-0.2, -0.15) is 15.4 Å². The third-order valence-corrected chi connectivity index (χ3v) is 2.31. The highest BCUT2D eigenvalue weighted by atomic mass is 15.3. The van der Waals surface area contributed by atoms with Gasteiger partial charge in [0.25, 0.3) is 0 Å². The molecule has 68 valence electrons. The van der Waals surface area contributed by atoms with E-state index in [1.54, 1.807) is 0 Å². The summed E-state index contributed by atoms with van der Waals surface area (Å²) in [4.78, 5) is 2.31. The number of rotatable bonds is 2. The molecule has 1 N–H and O–H groups in total. The fraction of sp³-hybridized carbons (Fsp3) is 0.556. The van der Waals surface area contributed by atoms with E-state index in [4.69, 9.17) is 6.42 Å². The van der Waals surface area contributed by atoms with Crippen LogP contribution in [0.2, 0.25) is 0 Å². The van der Waals surface area contributed by atoms with Gasteiger partial charge in [0, 0.05) is 32.5 Å². The first-order chi connectivity index (χ1) is 6.40. The van der Waals surface area contributed by atoms with E-state index in [0.29, 0.717) is 0 Å². The number of hydrogen-bond donors (Lipinski definition) is 1. The average molecular weight is 176 g/mol. The molecule has 1 aromatic heterocycles. The second-order valence-corrected chi connectivity index (χ2v) is 3.20. The fourth-order valence-electron chi connectivity index (χ4n) is 1.57. The number of nitrogens with one attached hydrogen (secondary N) is 1. The van der Waals surface area contributed by atoms with Crippen LogP contribution in [-0.2, 0) is 13.0 Å². The lowest BCUT2D eigenvalue weighted by Gasteiger charge is -2.23. The van der Waals surface area contributed by atoms with Gasteiger partial charge in [0.1, 0.15) is 0 Å². The molecular weight excluding hydrogens is 164 g/mol. The Labute approximate surface area is 77.3 Å². The lowest BCUT2D eigenvalue weighted by Crippen LogP contribution is -2.31. The van der Waals surface area contributed by atoms with E-state index in [1.165, 1.54) is 0 Å². The molecule has 0 aromatic carbocycles. The van der Waals surface area contributed by atoms with Gasteiger partial charge < -0.3 is 0 Å². The topological polar surface area (TPSA) is 44.8 Å². The molecule has 2 rings (SSSR count). The van der Waals surface area contributed by atoms with Crippen molar-refractivity contribution in [3.8, 4) is 12.3 Å². The van der Waals surface area contributed by atoms with Gasteiger partial charge in [0.05, 0.1) is 11.4 Å². The third kappa shape index (κ3) is 1.70. The van der Waals surface area contributed by atoms with E-state index in [-0.39, 0.29) is 0 Å². The van der Waals surface area contributed by atoms with Crippen molar-refractivity contribution in [1.29, 1.82) is 0 Å². The second kappa shape index (κ2) is 3.58. The van der Waals surface area contributed by atoms with Gasteiger partial charge in [-0.05, 0) is 0 Å². The van der Waals surface area contributed by atoms with Crippen molar-refractivity contribution in [1.82, 2.24) is 20.3 Å².